The lowest BCUT2D eigenvalue weighted by Gasteiger charge is -2.34. The lowest BCUT2D eigenvalue weighted by Crippen LogP contribution is -2.39. The molecule has 0 amide bonds. The average Bonchev–Trinajstić information content (AvgIpc) is 2.68. The highest BCUT2D eigenvalue weighted by Crippen LogP contribution is 2.27. The monoisotopic (exact) mass is 417 g/mol. The summed E-state index contributed by atoms with van der Waals surface area (Å²) in [6.45, 7) is 7.29. The van der Waals surface area contributed by atoms with Gasteiger partial charge in [-0.3, -0.25) is 4.90 Å². The van der Waals surface area contributed by atoms with Crippen LogP contribution in [0.4, 0.5) is 0 Å². The van der Waals surface area contributed by atoms with Crippen LogP contribution in [0.2, 0.25) is 0 Å². The van der Waals surface area contributed by atoms with Crippen LogP contribution in [-0.4, -0.2) is 39.6 Å². The molecule has 1 fully saturated rings. The number of benzene rings is 1. The smallest absolute Gasteiger partial charge is 0.266 e. The van der Waals surface area contributed by atoms with Gasteiger partial charge < -0.3 is 9.64 Å². The van der Waals surface area contributed by atoms with E-state index in [1.807, 2.05) is 6.20 Å². The Morgan fingerprint density at radius 1 is 1.18 bits per heavy atom. The zero-order chi connectivity index (χ0) is 18.6. The zero-order valence-electron chi connectivity index (χ0n) is 16.3. The fourth-order valence-corrected chi connectivity index (χ4v) is 4.26. The third-order valence-electron chi connectivity index (χ3n) is 5.63. The molecule has 0 spiro atoms. The molecule has 6 heteroatoms. The summed E-state index contributed by atoms with van der Waals surface area (Å²) in [7, 11) is 0. The first-order valence-electron chi connectivity index (χ1n) is 9.86. The van der Waals surface area contributed by atoms with E-state index in [0.717, 1.165) is 36.7 Å². The molecule has 1 aromatic carbocycles. The van der Waals surface area contributed by atoms with E-state index in [4.69, 9.17) is 17.0 Å². The predicted octanol–water partition coefficient (Wildman–Crippen LogP) is 4.59. The highest BCUT2D eigenvalue weighted by Gasteiger charge is 2.25. The van der Waals surface area contributed by atoms with E-state index in [2.05, 4.69) is 58.1 Å². The van der Waals surface area contributed by atoms with Gasteiger partial charge in [-0.25, -0.2) is 4.98 Å². The Morgan fingerprint density at radius 3 is 2.68 bits per heavy atom. The summed E-state index contributed by atoms with van der Waals surface area (Å²) in [5, 5.41) is 0.570. The van der Waals surface area contributed by atoms with Crippen molar-refractivity contribution in [3.8, 4) is 5.88 Å². The van der Waals surface area contributed by atoms with Crippen molar-refractivity contribution in [2.45, 2.75) is 39.3 Å². The minimum atomic E-state index is 0. The number of nitrogens with zero attached hydrogens (tertiary/aromatic N) is 3. The SMILES string of the molecule is Cc1cnc2c(c1)CN(CCC1CCN(Cc3ccccc3)CC1)C(=S)O2.Cl. The lowest BCUT2D eigenvalue weighted by atomic mass is 9.93. The molecule has 4 rings (SSSR count). The quantitative estimate of drug-likeness (QED) is 0.663. The Bertz CT molecular complexity index is 794. The molecule has 1 saturated heterocycles. The second-order valence-corrected chi connectivity index (χ2v) is 8.11. The van der Waals surface area contributed by atoms with Crippen LogP contribution in [-0.2, 0) is 13.1 Å². The second kappa shape index (κ2) is 9.68. The summed E-state index contributed by atoms with van der Waals surface area (Å²) < 4.78 is 5.76. The van der Waals surface area contributed by atoms with Gasteiger partial charge in [-0.2, -0.15) is 0 Å². The molecule has 3 heterocycles. The highest BCUT2D eigenvalue weighted by molar-refractivity contribution is 7.80. The summed E-state index contributed by atoms with van der Waals surface area (Å²) in [4.78, 5) is 9.12. The molecule has 2 aromatic rings. The number of likely N-dealkylation sites (tertiary alicyclic amines) is 1. The lowest BCUT2D eigenvalue weighted by molar-refractivity contribution is 0.163. The number of hydrogen-bond donors (Lipinski definition) is 0. The van der Waals surface area contributed by atoms with E-state index in [1.54, 1.807) is 0 Å². The van der Waals surface area contributed by atoms with Gasteiger partial charge in [-0.15, -0.1) is 12.4 Å². The van der Waals surface area contributed by atoms with Crippen molar-refractivity contribution in [3.05, 3.63) is 59.3 Å². The van der Waals surface area contributed by atoms with Gasteiger partial charge in [-0.1, -0.05) is 30.3 Å². The number of halogens is 1. The van der Waals surface area contributed by atoms with Gasteiger partial charge in [0.05, 0.1) is 6.54 Å². The van der Waals surface area contributed by atoms with Gasteiger partial charge in [0.1, 0.15) is 0 Å². The summed E-state index contributed by atoms with van der Waals surface area (Å²) in [5.41, 5.74) is 3.71. The van der Waals surface area contributed by atoms with Crippen molar-refractivity contribution in [3.63, 3.8) is 0 Å². The van der Waals surface area contributed by atoms with Crippen molar-refractivity contribution >= 4 is 29.8 Å². The first-order chi connectivity index (χ1) is 13.2. The molecular weight excluding hydrogens is 390 g/mol. The molecule has 0 aliphatic carbocycles. The average molecular weight is 418 g/mol. The Hall–Kier alpha value is -1.69. The van der Waals surface area contributed by atoms with Crippen LogP contribution in [0.25, 0.3) is 0 Å². The maximum atomic E-state index is 5.76. The zero-order valence-corrected chi connectivity index (χ0v) is 18.0. The van der Waals surface area contributed by atoms with E-state index in [0.29, 0.717) is 11.1 Å². The number of rotatable bonds is 5. The van der Waals surface area contributed by atoms with Crippen molar-refractivity contribution in [1.82, 2.24) is 14.8 Å². The van der Waals surface area contributed by atoms with Crippen LogP contribution in [0.5, 0.6) is 5.88 Å². The van der Waals surface area contributed by atoms with Gasteiger partial charge in [0.15, 0.2) is 0 Å². The fourth-order valence-electron chi connectivity index (χ4n) is 4.02. The Morgan fingerprint density at radius 2 is 1.93 bits per heavy atom. The van der Waals surface area contributed by atoms with Crippen LogP contribution in [0.1, 0.15) is 36.0 Å². The number of aryl methyl sites for hydroxylation is 1. The van der Waals surface area contributed by atoms with Gasteiger partial charge in [0, 0.05) is 24.8 Å². The molecular formula is C22H28ClN3OS. The number of piperidine rings is 1. The predicted molar refractivity (Wildman–Crippen MR) is 119 cm³/mol. The molecule has 0 unspecified atom stereocenters. The topological polar surface area (TPSA) is 28.6 Å². The van der Waals surface area contributed by atoms with E-state index in [9.17, 15) is 0 Å². The van der Waals surface area contributed by atoms with Crippen molar-refractivity contribution < 1.29 is 4.74 Å². The van der Waals surface area contributed by atoms with Crippen LogP contribution in [0.3, 0.4) is 0 Å². The van der Waals surface area contributed by atoms with E-state index in [1.165, 1.54) is 37.9 Å². The molecule has 0 atom stereocenters. The van der Waals surface area contributed by atoms with Crippen molar-refractivity contribution in [1.29, 1.82) is 0 Å². The molecule has 28 heavy (non-hydrogen) atoms. The van der Waals surface area contributed by atoms with Gasteiger partial charge in [0.25, 0.3) is 5.17 Å². The van der Waals surface area contributed by atoms with E-state index in [-0.39, 0.29) is 12.4 Å². The number of fused-ring (bicyclic) bond motifs is 1. The summed E-state index contributed by atoms with van der Waals surface area (Å²) in [6, 6.07) is 12.9. The molecule has 4 nitrogen and oxygen atoms in total. The van der Waals surface area contributed by atoms with Crippen LogP contribution < -0.4 is 4.74 Å². The van der Waals surface area contributed by atoms with Crippen molar-refractivity contribution in [2.24, 2.45) is 5.92 Å². The fraction of sp³-hybridized carbons (Fsp3) is 0.455. The van der Waals surface area contributed by atoms with E-state index >= 15 is 0 Å². The van der Waals surface area contributed by atoms with Crippen molar-refractivity contribution in [2.75, 3.05) is 19.6 Å². The molecule has 1 aromatic heterocycles. The second-order valence-electron chi connectivity index (χ2n) is 7.76. The third-order valence-corrected chi connectivity index (χ3v) is 5.97. The van der Waals surface area contributed by atoms with Crippen LogP contribution in [0, 0.1) is 12.8 Å². The summed E-state index contributed by atoms with van der Waals surface area (Å²) in [5.74, 6) is 1.45. The standard InChI is InChI=1S/C22H27N3OS.ClH/c1-17-13-20-16-25(22(27)26-21(20)23-14-17)12-9-18-7-10-24(11-8-18)15-19-5-3-2-4-6-19;/h2-6,13-14,18H,7-12,15-16H2,1H3;1H. The Kier molecular flexibility index (Phi) is 7.27. The van der Waals surface area contributed by atoms with Crippen LogP contribution >= 0.6 is 24.6 Å². The minimum absolute atomic E-state index is 0. The third kappa shape index (κ3) is 5.22. The number of pyridine rings is 1. The molecule has 0 N–H and O–H groups in total. The molecule has 150 valence electrons. The minimum Gasteiger partial charge on any atom is -0.412 e. The van der Waals surface area contributed by atoms with Crippen LogP contribution in [0.15, 0.2) is 42.6 Å². The number of aromatic nitrogens is 1. The molecule has 0 bridgehead atoms. The Balaban J connectivity index is 0.00000225. The highest BCUT2D eigenvalue weighted by atomic mass is 35.5. The first-order valence-corrected chi connectivity index (χ1v) is 10.3. The maximum Gasteiger partial charge on any atom is 0.266 e. The summed E-state index contributed by atoms with van der Waals surface area (Å²) in [6.07, 6.45) is 5.55. The molecule has 0 saturated carbocycles. The van der Waals surface area contributed by atoms with Gasteiger partial charge in [0.2, 0.25) is 5.88 Å². The number of hydrogen-bond acceptors (Lipinski definition) is 4. The normalized spacial score (nSPS) is 17.6. The molecule has 2 aliphatic heterocycles. The number of thiocarbonyl (C=S) groups is 1. The number of ether oxygens (including phenoxy) is 1. The maximum absolute atomic E-state index is 5.76. The van der Waals surface area contributed by atoms with Gasteiger partial charge >= 0.3 is 0 Å². The molecule has 0 radical (unpaired) electrons. The summed E-state index contributed by atoms with van der Waals surface area (Å²) >= 11 is 5.45. The van der Waals surface area contributed by atoms with E-state index < -0.39 is 0 Å². The largest absolute Gasteiger partial charge is 0.412 e. The van der Waals surface area contributed by atoms with Gasteiger partial charge in [-0.05, 0) is 74.6 Å². The first kappa shape index (κ1) is 21.0. The Labute approximate surface area is 179 Å². The molecule has 2 aliphatic rings.